The Balaban J connectivity index is 1.79. The van der Waals surface area contributed by atoms with Crippen LogP contribution in [0.4, 0.5) is 0 Å². The highest BCUT2D eigenvalue weighted by atomic mass is 32.2. The number of fused-ring (bicyclic) bond motifs is 1. The van der Waals surface area contributed by atoms with Crippen molar-refractivity contribution in [1.82, 2.24) is 14.8 Å². The van der Waals surface area contributed by atoms with Crippen LogP contribution in [0.25, 0.3) is 10.9 Å². The number of pyridine rings is 1. The van der Waals surface area contributed by atoms with Gasteiger partial charge in [-0.15, -0.1) is 0 Å². The molecule has 0 aliphatic heterocycles. The molecule has 8 nitrogen and oxygen atoms in total. The summed E-state index contributed by atoms with van der Waals surface area (Å²) >= 11 is 0. The molecule has 1 saturated carbocycles. The second kappa shape index (κ2) is 10.5. The Kier molecular flexibility index (Phi) is 7.45. The standard InChI is InChI=1S/C25H29N3O5S/c1-33-21-13-15-22(16-14-21)34(31,32)28(24(25(29)27-30)19-8-3-2-4-9-19)17-20-12-11-18-7-5-6-10-23(18)26-20/h5-7,10-16,19,24,30H,2-4,8-9,17H2,1H3,(H,27,29). The highest BCUT2D eigenvalue weighted by Gasteiger charge is 2.41. The van der Waals surface area contributed by atoms with Gasteiger partial charge in [-0.3, -0.25) is 15.0 Å². The molecule has 1 amide bonds. The molecule has 0 bridgehead atoms. The van der Waals surface area contributed by atoms with Crippen LogP contribution in [0, 0.1) is 5.92 Å². The zero-order valence-electron chi connectivity index (χ0n) is 19.1. The lowest BCUT2D eigenvalue weighted by atomic mass is 9.83. The van der Waals surface area contributed by atoms with Gasteiger partial charge in [0.05, 0.1) is 29.8 Å². The molecule has 0 radical (unpaired) electrons. The maximum Gasteiger partial charge on any atom is 0.262 e. The number of carbonyl (C=O) groups excluding carboxylic acids is 1. The van der Waals surface area contributed by atoms with Crippen molar-refractivity contribution in [3.05, 3.63) is 66.4 Å². The Bertz CT molecular complexity index is 1240. The van der Waals surface area contributed by atoms with Gasteiger partial charge >= 0.3 is 0 Å². The van der Waals surface area contributed by atoms with Gasteiger partial charge in [-0.05, 0) is 55.2 Å². The number of hydrogen-bond acceptors (Lipinski definition) is 6. The highest BCUT2D eigenvalue weighted by molar-refractivity contribution is 7.89. The zero-order chi connectivity index (χ0) is 24.1. The molecule has 9 heteroatoms. The van der Waals surface area contributed by atoms with Gasteiger partial charge in [0, 0.05) is 5.39 Å². The molecule has 2 N–H and O–H groups in total. The minimum atomic E-state index is -4.12. The predicted molar refractivity (Wildman–Crippen MR) is 128 cm³/mol. The van der Waals surface area contributed by atoms with E-state index in [2.05, 4.69) is 4.98 Å². The first-order chi connectivity index (χ1) is 16.4. The number of carbonyl (C=O) groups is 1. The Hall–Kier alpha value is -3.01. The molecular weight excluding hydrogens is 454 g/mol. The molecule has 4 rings (SSSR count). The summed E-state index contributed by atoms with van der Waals surface area (Å²) in [4.78, 5) is 17.6. The Morgan fingerprint density at radius 2 is 1.79 bits per heavy atom. The number of amides is 1. The third-order valence-electron chi connectivity index (χ3n) is 6.43. The SMILES string of the molecule is COc1ccc(S(=O)(=O)N(Cc2ccc3ccccc3n2)C(C(=O)NO)C2CCCCC2)cc1. The van der Waals surface area contributed by atoms with Crippen molar-refractivity contribution in [3.8, 4) is 5.75 Å². The van der Waals surface area contributed by atoms with Crippen LogP contribution in [0.1, 0.15) is 37.8 Å². The molecule has 1 heterocycles. The monoisotopic (exact) mass is 483 g/mol. The first-order valence-corrected chi connectivity index (χ1v) is 12.8. The molecule has 1 fully saturated rings. The van der Waals surface area contributed by atoms with Crippen LogP contribution in [0.15, 0.2) is 65.6 Å². The fourth-order valence-electron chi connectivity index (χ4n) is 4.67. The van der Waals surface area contributed by atoms with Gasteiger partial charge in [-0.25, -0.2) is 13.9 Å². The summed E-state index contributed by atoms with van der Waals surface area (Å²) in [7, 11) is -2.61. The molecule has 1 aliphatic rings. The first-order valence-electron chi connectivity index (χ1n) is 11.4. The van der Waals surface area contributed by atoms with E-state index in [1.54, 1.807) is 23.7 Å². The van der Waals surface area contributed by atoms with Gasteiger partial charge in [0.1, 0.15) is 11.8 Å². The van der Waals surface area contributed by atoms with Crippen molar-refractivity contribution in [3.63, 3.8) is 0 Å². The van der Waals surface area contributed by atoms with E-state index in [0.29, 0.717) is 24.3 Å². The Morgan fingerprint density at radius 1 is 1.09 bits per heavy atom. The van der Waals surface area contributed by atoms with E-state index in [1.807, 2.05) is 30.3 Å². The van der Waals surface area contributed by atoms with Crippen LogP contribution in [0.2, 0.25) is 0 Å². The number of sulfonamides is 1. The van der Waals surface area contributed by atoms with E-state index in [1.165, 1.54) is 23.5 Å². The smallest absolute Gasteiger partial charge is 0.262 e. The highest BCUT2D eigenvalue weighted by Crippen LogP contribution is 2.33. The number of nitrogens with zero attached hydrogens (tertiary/aromatic N) is 2. The lowest BCUT2D eigenvalue weighted by Gasteiger charge is -2.36. The maximum atomic E-state index is 13.9. The number of benzene rings is 2. The van der Waals surface area contributed by atoms with E-state index < -0.39 is 22.0 Å². The van der Waals surface area contributed by atoms with Crippen LogP contribution >= 0.6 is 0 Å². The van der Waals surface area contributed by atoms with Crippen LogP contribution in [-0.4, -0.2) is 42.0 Å². The fourth-order valence-corrected chi connectivity index (χ4v) is 6.29. The number of nitrogens with one attached hydrogen (secondary N) is 1. The van der Waals surface area contributed by atoms with E-state index in [4.69, 9.17) is 4.74 Å². The minimum Gasteiger partial charge on any atom is -0.497 e. The van der Waals surface area contributed by atoms with E-state index in [9.17, 15) is 18.4 Å². The van der Waals surface area contributed by atoms with Crippen molar-refractivity contribution >= 4 is 26.8 Å². The average Bonchev–Trinajstić information content (AvgIpc) is 2.88. The molecule has 3 aromatic rings. The Labute approximate surface area is 199 Å². The normalized spacial score (nSPS) is 15.9. The number of hydrogen-bond donors (Lipinski definition) is 2. The maximum absolute atomic E-state index is 13.9. The van der Waals surface area contributed by atoms with E-state index in [-0.39, 0.29) is 17.4 Å². The summed E-state index contributed by atoms with van der Waals surface area (Å²) in [5.74, 6) is -0.419. The molecule has 1 aliphatic carbocycles. The summed E-state index contributed by atoms with van der Waals surface area (Å²) in [6.45, 7) is -0.103. The van der Waals surface area contributed by atoms with Gasteiger partial charge in [0.25, 0.3) is 5.91 Å². The van der Waals surface area contributed by atoms with Gasteiger partial charge in [-0.1, -0.05) is 43.5 Å². The largest absolute Gasteiger partial charge is 0.497 e. The third kappa shape index (κ3) is 5.06. The minimum absolute atomic E-state index is 0.0423. The van der Waals surface area contributed by atoms with Crippen molar-refractivity contribution < 1.29 is 23.2 Å². The molecule has 0 saturated heterocycles. The average molecular weight is 484 g/mol. The molecule has 1 atom stereocenters. The van der Waals surface area contributed by atoms with Crippen molar-refractivity contribution in [1.29, 1.82) is 0 Å². The van der Waals surface area contributed by atoms with Gasteiger partial charge in [0.15, 0.2) is 0 Å². The van der Waals surface area contributed by atoms with E-state index >= 15 is 0 Å². The summed E-state index contributed by atoms with van der Waals surface area (Å²) < 4.78 is 34.1. The van der Waals surface area contributed by atoms with E-state index in [0.717, 1.165) is 30.2 Å². The Morgan fingerprint density at radius 3 is 2.47 bits per heavy atom. The lowest BCUT2D eigenvalue weighted by Crippen LogP contribution is -2.52. The zero-order valence-corrected chi connectivity index (χ0v) is 19.9. The number of rotatable bonds is 8. The summed E-state index contributed by atoms with van der Waals surface area (Å²) in [6.07, 6.45) is 4.27. The predicted octanol–water partition coefficient (Wildman–Crippen LogP) is 3.89. The number of hydroxylamine groups is 1. The van der Waals surface area contributed by atoms with Gasteiger partial charge < -0.3 is 4.74 Å². The van der Waals surface area contributed by atoms with Crippen LogP contribution in [-0.2, 0) is 21.4 Å². The third-order valence-corrected chi connectivity index (χ3v) is 8.27. The van der Waals surface area contributed by atoms with Crippen molar-refractivity contribution in [2.45, 2.75) is 49.6 Å². The first kappa shape index (κ1) is 24.1. The lowest BCUT2D eigenvalue weighted by molar-refractivity contribution is -0.135. The summed E-state index contributed by atoms with van der Waals surface area (Å²) in [6, 6.07) is 16.2. The topological polar surface area (TPSA) is 109 Å². The quantitative estimate of drug-likeness (QED) is 0.372. The number of ether oxygens (including phenoxy) is 1. The molecule has 2 aromatic carbocycles. The molecule has 180 valence electrons. The van der Waals surface area contributed by atoms with Crippen LogP contribution < -0.4 is 10.2 Å². The second-order valence-corrected chi connectivity index (χ2v) is 10.4. The molecule has 0 spiro atoms. The van der Waals surface area contributed by atoms with Crippen molar-refractivity contribution in [2.75, 3.05) is 7.11 Å². The molecule has 34 heavy (non-hydrogen) atoms. The second-order valence-electron chi connectivity index (χ2n) is 8.54. The number of aromatic nitrogens is 1. The summed E-state index contributed by atoms with van der Waals surface area (Å²) in [5, 5.41) is 10.5. The van der Waals surface area contributed by atoms with Gasteiger partial charge in [0.2, 0.25) is 10.0 Å². The summed E-state index contributed by atoms with van der Waals surface area (Å²) in [5.41, 5.74) is 2.97. The number of para-hydroxylation sites is 1. The van der Waals surface area contributed by atoms with Gasteiger partial charge in [-0.2, -0.15) is 4.31 Å². The van der Waals surface area contributed by atoms with Crippen molar-refractivity contribution in [2.24, 2.45) is 5.92 Å². The van der Waals surface area contributed by atoms with Crippen LogP contribution in [0.5, 0.6) is 5.75 Å². The molecule has 1 unspecified atom stereocenters. The fraction of sp³-hybridized carbons (Fsp3) is 0.360. The molecule has 1 aromatic heterocycles. The number of methoxy groups -OCH3 is 1. The molecular formula is C25H29N3O5S. The van der Waals surface area contributed by atoms with Crippen LogP contribution in [0.3, 0.4) is 0 Å².